The highest BCUT2D eigenvalue weighted by Crippen LogP contribution is 2.25. The molecule has 3 aromatic rings. The molecule has 9 heteroatoms. The van der Waals surface area contributed by atoms with Gasteiger partial charge >= 0.3 is 5.97 Å². The van der Waals surface area contributed by atoms with E-state index in [1.165, 1.54) is 23.6 Å². The van der Waals surface area contributed by atoms with Crippen LogP contribution in [0.1, 0.15) is 39.4 Å². The molecule has 4 rings (SSSR count). The van der Waals surface area contributed by atoms with E-state index in [9.17, 15) is 14.4 Å². The van der Waals surface area contributed by atoms with E-state index in [1.807, 2.05) is 22.2 Å². The van der Waals surface area contributed by atoms with Crippen LogP contribution in [0.5, 0.6) is 0 Å². The average molecular weight is 430 g/mol. The van der Waals surface area contributed by atoms with Crippen LogP contribution in [0.4, 0.5) is 0 Å². The summed E-state index contributed by atoms with van der Waals surface area (Å²) in [4.78, 5) is 45.7. The van der Waals surface area contributed by atoms with Gasteiger partial charge in [-0.15, -0.1) is 11.3 Å². The summed E-state index contributed by atoms with van der Waals surface area (Å²) in [5, 5.41) is 6.65. The number of H-pyrrole nitrogens is 1. The molecule has 1 fully saturated rings. The molecule has 0 saturated carbocycles. The molecule has 0 radical (unpaired) electrons. The molecule has 0 aromatic carbocycles. The molecule has 1 N–H and O–H groups in total. The number of nitrogens with one attached hydrogen (secondary N) is 1. The second kappa shape index (κ2) is 8.71. The molecule has 0 bridgehead atoms. The Kier molecular flexibility index (Phi) is 5.86. The number of carbonyl (C=O) groups is 3. The third kappa shape index (κ3) is 4.63. The number of hydrogen-bond donors (Lipinski definition) is 1. The molecule has 1 amide bonds. The molecule has 0 atom stereocenters. The summed E-state index contributed by atoms with van der Waals surface area (Å²) in [6.45, 7) is 1.11. The van der Waals surface area contributed by atoms with E-state index in [-0.39, 0.29) is 24.7 Å². The minimum atomic E-state index is -0.510. The quantitative estimate of drug-likeness (QED) is 0.459. The highest BCUT2D eigenvalue weighted by molar-refractivity contribution is 7.14. The van der Waals surface area contributed by atoms with E-state index in [4.69, 9.17) is 4.74 Å². The van der Waals surface area contributed by atoms with Crippen molar-refractivity contribution in [2.75, 3.05) is 19.7 Å². The van der Waals surface area contributed by atoms with Crippen molar-refractivity contribution in [3.8, 4) is 10.6 Å². The van der Waals surface area contributed by atoms with Gasteiger partial charge in [-0.25, -0.2) is 4.98 Å². The number of likely N-dealkylation sites (tertiary alicyclic amines) is 1. The highest BCUT2D eigenvalue weighted by Gasteiger charge is 2.22. The van der Waals surface area contributed by atoms with Crippen LogP contribution in [0.25, 0.3) is 10.6 Å². The van der Waals surface area contributed by atoms with Crippen LogP contribution < -0.4 is 0 Å². The number of carbonyl (C=O) groups excluding carboxylic acids is 3. The molecule has 29 heavy (non-hydrogen) atoms. The van der Waals surface area contributed by atoms with E-state index >= 15 is 0 Å². The lowest BCUT2D eigenvalue weighted by Crippen LogP contribution is -2.27. The molecule has 0 aliphatic carbocycles. The third-order valence-corrected chi connectivity index (χ3v) is 6.26. The van der Waals surface area contributed by atoms with Crippen molar-refractivity contribution in [1.82, 2.24) is 14.9 Å². The van der Waals surface area contributed by atoms with Crippen molar-refractivity contribution in [3.05, 3.63) is 51.4 Å². The maximum atomic E-state index is 12.3. The molecule has 0 spiro atoms. The molecule has 1 saturated heterocycles. The summed E-state index contributed by atoms with van der Waals surface area (Å²) in [7, 11) is 0. The van der Waals surface area contributed by atoms with Crippen LogP contribution in [0.2, 0.25) is 0 Å². The van der Waals surface area contributed by atoms with E-state index in [0.29, 0.717) is 17.0 Å². The third-order valence-electron chi connectivity index (χ3n) is 4.64. The van der Waals surface area contributed by atoms with Crippen molar-refractivity contribution in [2.24, 2.45) is 0 Å². The fourth-order valence-electron chi connectivity index (χ4n) is 3.10. The van der Waals surface area contributed by atoms with Crippen molar-refractivity contribution in [1.29, 1.82) is 0 Å². The average Bonchev–Trinajstić information content (AvgIpc) is 3.51. The van der Waals surface area contributed by atoms with Gasteiger partial charge in [0.05, 0.1) is 12.1 Å². The summed E-state index contributed by atoms with van der Waals surface area (Å²) in [6.07, 6.45) is 3.50. The Morgan fingerprint density at radius 1 is 1.21 bits per heavy atom. The Bertz CT molecular complexity index is 1020. The number of Topliss-reactive ketones (excluding diaryl/α,β-unsaturated/α-hetero) is 1. The molecule has 1 aliphatic rings. The van der Waals surface area contributed by atoms with E-state index in [2.05, 4.69) is 9.97 Å². The monoisotopic (exact) mass is 429 g/mol. The number of thiazole rings is 1. The van der Waals surface area contributed by atoms with Crippen LogP contribution in [0.15, 0.2) is 34.5 Å². The van der Waals surface area contributed by atoms with E-state index < -0.39 is 5.97 Å². The summed E-state index contributed by atoms with van der Waals surface area (Å²) in [6, 6.07) is 3.49. The van der Waals surface area contributed by atoms with Crippen LogP contribution in [0.3, 0.4) is 0 Å². The molecule has 4 heterocycles. The van der Waals surface area contributed by atoms with Gasteiger partial charge in [-0.2, -0.15) is 11.3 Å². The van der Waals surface area contributed by atoms with Gasteiger partial charge in [0.2, 0.25) is 5.78 Å². The molecule has 7 nitrogen and oxygen atoms in total. The number of nitrogens with zero attached hydrogens (tertiary/aromatic N) is 2. The SMILES string of the molecule is O=C(Cc1csc(-c2ccsc2)n1)OCC(=O)c1c[nH]c(C(=O)N2CCCC2)c1. The Morgan fingerprint density at radius 3 is 2.79 bits per heavy atom. The van der Waals surface area contributed by atoms with Crippen molar-refractivity contribution >= 4 is 40.3 Å². The number of ether oxygens (including phenoxy) is 1. The predicted molar refractivity (Wildman–Crippen MR) is 110 cm³/mol. The number of rotatable bonds is 7. The molecule has 1 aliphatic heterocycles. The normalized spacial score (nSPS) is 13.6. The van der Waals surface area contributed by atoms with Gasteiger partial charge in [0, 0.05) is 41.2 Å². The molecular formula is C20H19N3O4S2. The summed E-state index contributed by atoms with van der Waals surface area (Å²) >= 11 is 3.06. The zero-order valence-electron chi connectivity index (χ0n) is 15.6. The fraction of sp³-hybridized carbons (Fsp3) is 0.300. The lowest BCUT2D eigenvalue weighted by molar-refractivity contribution is -0.141. The Morgan fingerprint density at radius 2 is 2.03 bits per heavy atom. The number of aromatic nitrogens is 2. The first-order valence-electron chi connectivity index (χ1n) is 9.23. The molecule has 150 valence electrons. The lowest BCUT2D eigenvalue weighted by atomic mass is 10.2. The van der Waals surface area contributed by atoms with Crippen molar-refractivity contribution in [3.63, 3.8) is 0 Å². The lowest BCUT2D eigenvalue weighted by Gasteiger charge is -2.13. The molecular weight excluding hydrogens is 410 g/mol. The maximum Gasteiger partial charge on any atom is 0.312 e. The highest BCUT2D eigenvalue weighted by atomic mass is 32.1. The van der Waals surface area contributed by atoms with Crippen LogP contribution in [0, 0.1) is 0 Å². The molecule has 3 aromatic heterocycles. The first-order valence-corrected chi connectivity index (χ1v) is 11.1. The summed E-state index contributed by atoms with van der Waals surface area (Å²) in [5.74, 6) is -0.972. The smallest absolute Gasteiger partial charge is 0.312 e. The number of hydrogen-bond acceptors (Lipinski definition) is 7. The zero-order chi connectivity index (χ0) is 20.2. The second-order valence-corrected chi connectivity index (χ2v) is 8.36. The minimum Gasteiger partial charge on any atom is -0.457 e. The van der Waals surface area contributed by atoms with E-state index in [1.54, 1.807) is 16.2 Å². The van der Waals surface area contributed by atoms with Gasteiger partial charge in [-0.3, -0.25) is 14.4 Å². The first-order chi connectivity index (χ1) is 14.1. The Labute approximate surface area is 175 Å². The Hall–Kier alpha value is -2.78. The number of amides is 1. The topological polar surface area (TPSA) is 92.4 Å². The largest absolute Gasteiger partial charge is 0.457 e. The number of thiophene rings is 1. The van der Waals surface area contributed by atoms with Gasteiger partial charge in [-0.1, -0.05) is 0 Å². The van der Waals surface area contributed by atoms with Crippen LogP contribution >= 0.6 is 22.7 Å². The number of esters is 1. The number of aromatic amines is 1. The van der Waals surface area contributed by atoms with Gasteiger partial charge in [-0.05, 0) is 30.4 Å². The fourth-order valence-corrected chi connectivity index (χ4v) is 4.64. The summed E-state index contributed by atoms with van der Waals surface area (Å²) in [5.41, 5.74) is 2.36. The predicted octanol–water partition coefficient (Wildman–Crippen LogP) is 3.40. The standard InChI is InChI=1S/C20H19N3O4S2/c24-17(14-7-16(21-9-14)20(26)23-4-1-2-5-23)10-27-18(25)8-15-12-29-19(22-15)13-3-6-28-11-13/h3,6-7,9,11-12,21H,1-2,4-5,8,10H2. The van der Waals surface area contributed by atoms with Crippen LogP contribution in [-0.2, 0) is 16.0 Å². The van der Waals surface area contributed by atoms with Gasteiger partial charge in [0.25, 0.3) is 5.91 Å². The minimum absolute atomic E-state index is 0.0136. The number of ketones is 1. The van der Waals surface area contributed by atoms with Crippen molar-refractivity contribution < 1.29 is 19.1 Å². The van der Waals surface area contributed by atoms with Crippen molar-refractivity contribution in [2.45, 2.75) is 19.3 Å². The Balaban J connectivity index is 1.28. The summed E-state index contributed by atoms with van der Waals surface area (Å²) < 4.78 is 5.10. The maximum absolute atomic E-state index is 12.3. The molecule has 0 unspecified atom stereocenters. The second-order valence-electron chi connectivity index (χ2n) is 6.72. The first kappa shape index (κ1) is 19.5. The van der Waals surface area contributed by atoms with Gasteiger partial charge in [0.15, 0.2) is 6.61 Å². The van der Waals surface area contributed by atoms with Gasteiger partial charge in [0.1, 0.15) is 10.7 Å². The van der Waals surface area contributed by atoms with E-state index in [0.717, 1.165) is 36.5 Å². The van der Waals surface area contributed by atoms with Crippen LogP contribution in [-0.4, -0.2) is 52.2 Å². The van der Waals surface area contributed by atoms with Gasteiger partial charge < -0.3 is 14.6 Å². The zero-order valence-corrected chi connectivity index (χ0v) is 17.2.